The first-order valence-electron chi connectivity index (χ1n) is 6.53. The second kappa shape index (κ2) is 5.99. The lowest BCUT2D eigenvalue weighted by molar-refractivity contribution is 0.195. The fourth-order valence-electron chi connectivity index (χ4n) is 2.13. The Kier molecular flexibility index (Phi) is 5.22. The minimum absolute atomic E-state index is 0.0857. The van der Waals surface area contributed by atoms with Gasteiger partial charge in [0.25, 0.3) is 0 Å². The first kappa shape index (κ1) is 13.9. The van der Waals surface area contributed by atoms with Gasteiger partial charge in [-0.25, -0.2) is 0 Å². The van der Waals surface area contributed by atoms with Crippen molar-refractivity contribution in [2.45, 2.75) is 45.1 Å². The molecule has 3 heteroatoms. The second-order valence-corrected chi connectivity index (χ2v) is 6.00. The predicted molar refractivity (Wildman–Crippen MR) is 68.3 cm³/mol. The Morgan fingerprint density at radius 2 is 2.06 bits per heavy atom. The first-order valence-corrected chi connectivity index (χ1v) is 6.53. The largest absolute Gasteiger partial charge is 0.394 e. The summed E-state index contributed by atoms with van der Waals surface area (Å²) in [4.78, 5) is 2.43. The van der Waals surface area contributed by atoms with Crippen molar-refractivity contribution < 1.29 is 5.11 Å². The van der Waals surface area contributed by atoms with Crippen LogP contribution < -0.4 is 5.73 Å². The summed E-state index contributed by atoms with van der Waals surface area (Å²) in [6.07, 6.45) is 4.62. The van der Waals surface area contributed by atoms with Gasteiger partial charge in [-0.3, -0.25) is 0 Å². The molecule has 3 nitrogen and oxygen atoms in total. The Morgan fingerprint density at radius 1 is 1.44 bits per heavy atom. The minimum atomic E-state index is -0.385. The molecule has 3 atom stereocenters. The number of unbranched alkanes of at least 4 members (excludes halogenated alkanes) is 1. The van der Waals surface area contributed by atoms with Crippen LogP contribution in [0.1, 0.15) is 39.5 Å². The van der Waals surface area contributed by atoms with E-state index in [2.05, 4.69) is 18.9 Å². The Bertz CT molecular complexity index is 206. The summed E-state index contributed by atoms with van der Waals surface area (Å²) in [5, 5.41) is 9.02. The molecule has 0 aromatic carbocycles. The Hall–Kier alpha value is -0.120. The van der Waals surface area contributed by atoms with E-state index in [1.165, 1.54) is 19.4 Å². The van der Waals surface area contributed by atoms with Crippen molar-refractivity contribution >= 4 is 0 Å². The van der Waals surface area contributed by atoms with Crippen LogP contribution in [0, 0.1) is 11.8 Å². The van der Waals surface area contributed by atoms with Crippen molar-refractivity contribution in [3.05, 3.63) is 0 Å². The lowest BCUT2D eigenvalue weighted by Gasteiger charge is -2.22. The maximum atomic E-state index is 9.02. The van der Waals surface area contributed by atoms with Gasteiger partial charge in [0, 0.05) is 12.1 Å². The molecular formula is C13H28N2O. The third-order valence-corrected chi connectivity index (χ3v) is 3.72. The molecule has 0 aromatic rings. The predicted octanol–water partition coefficient (Wildman–Crippen LogP) is 1.45. The maximum Gasteiger partial charge on any atom is 0.0608 e. The SMILES string of the molecule is CC1CC1CN(C)CCCCC(C)(N)CO. The smallest absolute Gasteiger partial charge is 0.0608 e. The average Bonchev–Trinajstić information content (AvgIpc) is 2.89. The van der Waals surface area contributed by atoms with E-state index in [1.807, 2.05) is 6.92 Å². The van der Waals surface area contributed by atoms with E-state index in [-0.39, 0.29) is 12.1 Å². The van der Waals surface area contributed by atoms with Crippen molar-refractivity contribution in [1.82, 2.24) is 4.90 Å². The Morgan fingerprint density at radius 3 is 2.56 bits per heavy atom. The molecule has 1 rings (SSSR count). The van der Waals surface area contributed by atoms with Crippen molar-refractivity contribution in [2.75, 3.05) is 26.7 Å². The molecule has 0 heterocycles. The van der Waals surface area contributed by atoms with E-state index in [1.54, 1.807) is 0 Å². The van der Waals surface area contributed by atoms with Crippen LogP contribution in [0.4, 0.5) is 0 Å². The standard InChI is InChI=1S/C13H28N2O/c1-11-8-12(11)9-15(3)7-5-4-6-13(2,14)10-16/h11-12,16H,4-10,14H2,1-3H3. The molecular weight excluding hydrogens is 200 g/mol. The zero-order valence-electron chi connectivity index (χ0n) is 11.1. The van der Waals surface area contributed by atoms with Gasteiger partial charge in [0.2, 0.25) is 0 Å². The van der Waals surface area contributed by atoms with Gasteiger partial charge in [0.15, 0.2) is 0 Å². The molecule has 3 N–H and O–H groups in total. The van der Waals surface area contributed by atoms with Crippen molar-refractivity contribution in [1.29, 1.82) is 0 Å². The van der Waals surface area contributed by atoms with Crippen molar-refractivity contribution in [3.8, 4) is 0 Å². The van der Waals surface area contributed by atoms with E-state index in [4.69, 9.17) is 10.8 Å². The van der Waals surface area contributed by atoms with Gasteiger partial charge >= 0.3 is 0 Å². The van der Waals surface area contributed by atoms with Gasteiger partial charge < -0.3 is 15.7 Å². The van der Waals surface area contributed by atoms with Crippen LogP contribution in [0.2, 0.25) is 0 Å². The molecule has 0 aliphatic heterocycles. The van der Waals surface area contributed by atoms with Crippen LogP contribution >= 0.6 is 0 Å². The number of nitrogens with zero attached hydrogens (tertiary/aromatic N) is 1. The molecule has 1 fully saturated rings. The highest BCUT2D eigenvalue weighted by atomic mass is 16.3. The summed E-state index contributed by atoms with van der Waals surface area (Å²) in [6.45, 7) is 6.75. The molecule has 1 saturated carbocycles. The Labute approximate surface area is 100 Å². The second-order valence-electron chi connectivity index (χ2n) is 6.00. The summed E-state index contributed by atoms with van der Waals surface area (Å²) in [5.74, 6) is 1.89. The lowest BCUT2D eigenvalue weighted by atomic mass is 9.97. The number of hydrogen-bond donors (Lipinski definition) is 2. The van der Waals surface area contributed by atoms with E-state index >= 15 is 0 Å². The monoisotopic (exact) mass is 228 g/mol. The highest BCUT2D eigenvalue weighted by Crippen LogP contribution is 2.37. The lowest BCUT2D eigenvalue weighted by Crippen LogP contribution is -2.40. The van der Waals surface area contributed by atoms with E-state index < -0.39 is 0 Å². The summed E-state index contributed by atoms with van der Waals surface area (Å²) in [5.41, 5.74) is 5.49. The van der Waals surface area contributed by atoms with Crippen LogP contribution in [0.15, 0.2) is 0 Å². The molecule has 0 bridgehead atoms. The molecule has 1 aliphatic carbocycles. The third-order valence-electron chi connectivity index (χ3n) is 3.72. The van der Waals surface area contributed by atoms with Crippen LogP contribution in [-0.4, -0.2) is 42.3 Å². The molecule has 0 amide bonds. The van der Waals surface area contributed by atoms with Crippen LogP contribution in [0.25, 0.3) is 0 Å². The number of aliphatic hydroxyl groups is 1. The zero-order valence-corrected chi connectivity index (χ0v) is 11.1. The normalized spacial score (nSPS) is 28.1. The van der Waals surface area contributed by atoms with Gasteiger partial charge in [-0.2, -0.15) is 0 Å². The zero-order chi connectivity index (χ0) is 12.2. The van der Waals surface area contributed by atoms with Crippen molar-refractivity contribution in [2.24, 2.45) is 17.6 Å². The summed E-state index contributed by atoms with van der Waals surface area (Å²) >= 11 is 0. The molecule has 96 valence electrons. The molecule has 16 heavy (non-hydrogen) atoms. The molecule has 0 radical (unpaired) electrons. The topological polar surface area (TPSA) is 49.5 Å². The van der Waals surface area contributed by atoms with Crippen LogP contribution in [0.5, 0.6) is 0 Å². The van der Waals surface area contributed by atoms with Crippen molar-refractivity contribution in [3.63, 3.8) is 0 Å². The quantitative estimate of drug-likeness (QED) is 0.618. The molecule has 3 unspecified atom stereocenters. The first-order chi connectivity index (χ1) is 7.44. The highest BCUT2D eigenvalue weighted by molar-refractivity contribution is 4.84. The van der Waals surface area contributed by atoms with Gasteiger partial charge in [0.05, 0.1) is 6.61 Å². The van der Waals surface area contributed by atoms with Gasteiger partial charge in [-0.1, -0.05) is 13.3 Å². The molecule has 0 saturated heterocycles. The summed E-state index contributed by atoms with van der Waals surface area (Å²) in [7, 11) is 2.21. The molecule has 0 spiro atoms. The number of nitrogens with two attached hydrogens (primary N) is 1. The maximum absolute atomic E-state index is 9.02. The van der Waals surface area contributed by atoms with E-state index in [9.17, 15) is 0 Å². The van der Waals surface area contributed by atoms with E-state index in [0.717, 1.165) is 31.2 Å². The number of hydrogen-bond acceptors (Lipinski definition) is 3. The summed E-state index contributed by atoms with van der Waals surface area (Å²) in [6, 6.07) is 0. The number of rotatable bonds is 8. The summed E-state index contributed by atoms with van der Waals surface area (Å²) < 4.78 is 0. The van der Waals surface area contributed by atoms with Crippen LogP contribution in [-0.2, 0) is 0 Å². The molecule has 0 aromatic heterocycles. The highest BCUT2D eigenvalue weighted by Gasteiger charge is 2.32. The number of aliphatic hydroxyl groups excluding tert-OH is 1. The van der Waals surface area contributed by atoms with Crippen LogP contribution in [0.3, 0.4) is 0 Å². The Balaban J connectivity index is 1.98. The molecule has 1 aliphatic rings. The van der Waals surface area contributed by atoms with Gasteiger partial charge in [0.1, 0.15) is 0 Å². The minimum Gasteiger partial charge on any atom is -0.394 e. The average molecular weight is 228 g/mol. The third kappa shape index (κ3) is 5.28. The fourth-order valence-corrected chi connectivity index (χ4v) is 2.13. The van der Waals surface area contributed by atoms with Gasteiger partial charge in [-0.05, 0) is 51.6 Å². The fraction of sp³-hybridized carbons (Fsp3) is 1.00. The van der Waals surface area contributed by atoms with E-state index in [0.29, 0.717) is 0 Å². The van der Waals surface area contributed by atoms with Gasteiger partial charge in [-0.15, -0.1) is 0 Å².